The summed E-state index contributed by atoms with van der Waals surface area (Å²) in [5.41, 5.74) is 1.15. The van der Waals surface area contributed by atoms with Crippen LogP contribution in [0.3, 0.4) is 0 Å². The lowest BCUT2D eigenvalue weighted by atomic mass is 10.1. The van der Waals surface area contributed by atoms with Gasteiger partial charge in [0.2, 0.25) is 34.8 Å². The molecule has 0 saturated heterocycles. The Bertz CT molecular complexity index is 1020. The standard InChI is InChI=1S/C17H9ClF5NO2/c1-24-6-7(9-5-8(18)2-3-10(9)24)4-11(25)26-17-15(22)13(20)12(19)14(21)16(17)23/h2-3,5-6H,4H2,1H3. The summed E-state index contributed by atoms with van der Waals surface area (Å²) >= 11 is 5.91. The van der Waals surface area contributed by atoms with Crippen LogP contribution in [-0.2, 0) is 18.3 Å². The van der Waals surface area contributed by atoms with Crippen LogP contribution >= 0.6 is 11.6 Å². The van der Waals surface area contributed by atoms with Crippen molar-refractivity contribution in [1.29, 1.82) is 0 Å². The van der Waals surface area contributed by atoms with Gasteiger partial charge >= 0.3 is 5.97 Å². The summed E-state index contributed by atoms with van der Waals surface area (Å²) < 4.78 is 72.6. The fraction of sp³-hybridized carbons (Fsp3) is 0.118. The lowest BCUT2D eigenvalue weighted by Crippen LogP contribution is -2.15. The summed E-state index contributed by atoms with van der Waals surface area (Å²) in [7, 11) is 1.70. The molecule has 3 rings (SSSR count). The molecule has 0 aliphatic heterocycles. The summed E-state index contributed by atoms with van der Waals surface area (Å²) in [5, 5.41) is 0.993. The van der Waals surface area contributed by atoms with E-state index in [-0.39, 0.29) is 0 Å². The normalized spacial score (nSPS) is 11.2. The Morgan fingerprint density at radius 3 is 2.23 bits per heavy atom. The molecule has 0 unspecified atom stereocenters. The Kier molecular flexibility index (Phi) is 4.62. The van der Waals surface area contributed by atoms with Gasteiger partial charge in [-0.15, -0.1) is 0 Å². The monoisotopic (exact) mass is 389 g/mol. The third-order valence-electron chi connectivity index (χ3n) is 3.75. The molecule has 0 N–H and O–H groups in total. The number of fused-ring (bicyclic) bond motifs is 1. The largest absolute Gasteiger partial charge is 0.420 e. The molecule has 0 spiro atoms. The van der Waals surface area contributed by atoms with Crippen LogP contribution in [0.5, 0.6) is 5.75 Å². The Morgan fingerprint density at radius 2 is 1.62 bits per heavy atom. The zero-order valence-corrected chi connectivity index (χ0v) is 13.8. The summed E-state index contributed by atoms with van der Waals surface area (Å²) in [6.07, 6.45) is 1.11. The minimum Gasteiger partial charge on any atom is -0.420 e. The second kappa shape index (κ2) is 6.60. The molecule has 0 radical (unpaired) electrons. The van der Waals surface area contributed by atoms with Crippen LogP contribution in [0.15, 0.2) is 24.4 Å². The second-order valence-electron chi connectivity index (χ2n) is 5.48. The first-order valence-corrected chi connectivity index (χ1v) is 7.54. The molecule has 3 nitrogen and oxygen atoms in total. The van der Waals surface area contributed by atoms with Crippen LogP contribution in [0.2, 0.25) is 5.02 Å². The van der Waals surface area contributed by atoms with Crippen LogP contribution in [-0.4, -0.2) is 10.5 Å². The van der Waals surface area contributed by atoms with Crippen molar-refractivity contribution < 1.29 is 31.5 Å². The van der Waals surface area contributed by atoms with Gasteiger partial charge in [-0.1, -0.05) is 11.6 Å². The highest BCUT2D eigenvalue weighted by Gasteiger charge is 2.28. The Balaban J connectivity index is 1.93. The molecule has 0 amide bonds. The van der Waals surface area contributed by atoms with E-state index in [1.165, 1.54) is 0 Å². The number of aromatic nitrogens is 1. The molecule has 2 aromatic carbocycles. The van der Waals surface area contributed by atoms with Gasteiger partial charge in [0, 0.05) is 29.2 Å². The van der Waals surface area contributed by atoms with Crippen molar-refractivity contribution in [1.82, 2.24) is 4.57 Å². The van der Waals surface area contributed by atoms with E-state index in [1.807, 2.05) is 0 Å². The Hall–Kier alpha value is -2.61. The van der Waals surface area contributed by atoms with E-state index in [0.29, 0.717) is 16.0 Å². The summed E-state index contributed by atoms with van der Waals surface area (Å²) in [6.45, 7) is 0. The lowest BCUT2D eigenvalue weighted by molar-refractivity contribution is -0.134. The van der Waals surface area contributed by atoms with E-state index >= 15 is 0 Å². The van der Waals surface area contributed by atoms with Crippen molar-refractivity contribution in [2.45, 2.75) is 6.42 Å². The average molecular weight is 390 g/mol. The van der Waals surface area contributed by atoms with Crippen molar-refractivity contribution in [3.05, 3.63) is 64.1 Å². The van der Waals surface area contributed by atoms with Gasteiger partial charge < -0.3 is 9.30 Å². The van der Waals surface area contributed by atoms with Gasteiger partial charge in [0.25, 0.3) is 0 Å². The molecule has 0 saturated carbocycles. The van der Waals surface area contributed by atoms with Crippen LogP contribution in [0.25, 0.3) is 10.9 Å². The number of benzene rings is 2. The number of carbonyl (C=O) groups excluding carboxylic acids is 1. The first kappa shape index (κ1) is 18.2. The number of hydrogen-bond acceptors (Lipinski definition) is 2. The molecule has 1 aromatic heterocycles. The van der Waals surface area contributed by atoms with Crippen LogP contribution in [0.4, 0.5) is 22.0 Å². The van der Waals surface area contributed by atoms with Gasteiger partial charge in [0.05, 0.1) is 6.42 Å². The van der Waals surface area contributed by atoms with E-state index in [2.05, 4.69) is 4.74 Å². The third kappa shape index (κ3) is 3.01. The molecule has 26 heavy (non-hydrogen) atoms. The maximum absolute atomic E-state index is 13.6. The number of ether oxygens (including phenoxy) is 1. The number of nitrogens with zero attached hydrogens (tertiary/aromatic N) is 1. The van der Waals surface area contributed by atoms with Crippen LogP contribution in [0.1, 0.15) is 5.56 Å². The number of rotatable bonds is 3. The molecular weight excluding hydrogens is 381 g/mol. The van der Waals surface area contributed by atoms with Crippen LogP contribution in [0, 0.1) is 29.1 Å². The number of halogens is 6. The summed E-state index contributed by atoms with van der Waals surface area (Å²) in [6, 6.07) is 4.93. The van der Waals surface area contributed by atoms with E-state index in [9.17, 15) is 26.7 Å². The molecule has 0 aliphatic rings. The van der Waals surface area contributed by atoms with Crippen molar-refractivity contribution in [2.24, 2.45) is 7.05 Å². The number of aryl methyl sites for hydroxylation is 1. The van der Waals surface area contributed by atoms with Gasteiger partial charge in [-0.05, 0) is 23.8 Å². The highest BCUT2D eigenvalue weighted by Crippen LogP contribution is 2.30. The first-order valence-electron chi connectivity index (χ1n) is 7.16. The van der Waals surface area contributed by atoms with Gasteiger partial charge in [0.1, 0.15) is 0 Å². The molecule has 3 aromatic rings. The lowest BCUT2D eigenvalue weighted by Gasteiger charge is -2.08. The highest BCUT2D eigenvalue weighted by atomic mass is 35.5. The number of esters is 1. The van der Waals surface area contributed by atoms with Gasteiger partial charge in [-0.3, -0.25) is 4.79 Å². The zero-order valence-electron chi connectivity index (χ0n) is 13.0. The molecule has 0 atom stereocenters. The maximum atomic E-state index is 13.6. The quantitative estimate of drug-likeness (QED) is 0.214. The van der Waals surface area contributed by atoms with Crippen molar-refractivity contribution in [2.75, 3.05) is 0 Å². The molecular formula is C17H9ClF5NO2. The van der Waals surface area contributed by atoms with Crippen molar-refractivity contribution in [3.8, 4) is 5.75 Å². The van der Waals surface area contributed by atoms with E-state index < -0.39 is 47.2 Å². The molecule has 0 fully saturated rings. The van der Waals surface area contributed by atoms with Gasteiger partial charge in [-0.25, -0.2) is 13.2 Å². The molecule has 1 heterocycles. The SMILES string of the molecule is Cn1cc(CC(=O)Oc2c(F)c(F)c(F)c(F)c2F)c2cc(Cl)ccc21. The predicted molar refractivity (Wildman–Crippen MR) is 83.5 cm³/mol. The van der Waals surface area contributed by atoms with Crippen molar-refractivity contribution >= 4 is 28.5 Å². The minimum atomic E-state index is -2.33. The molecule has 9 heteroatoms. The second-order valence-corrected chi connectivity index (χ2v) is 5.91. The summed E-state index contributed by atoms with van der Waals surface area (Å²) in [4.78, 5) is 12.0. The Labute approximate surface area is 148 Å². The molecule has 0 bridgehead atoms. The fourth-order valence-electron chi connectivity index (χ4n) is 2.57. The van der Waals surface area contributed by atoms with Crippen molar-refractivity contribution in [3.63, 3.8) is 0 Å². The molecule has 136 valence electrons. The topological polar surface area (TPSA) is 31.2 Å². The van der Waals surface area contributed by atoms with E-state index in [1.54, 1.807) is 36.0 Å². The van der Waals surface area contributed by atoms with E-state index in [4.69, 9.17) is 11.6 Å². The number of hydrogen-bond donors (Lipinski definition) is 0. The number of carbonyl (C=O) groups is 1. The zero-order chi connectivity index (χ0) is 19.2. The summed E-state index contributed by atoms with van der Waals surface area (Å²) in [5.74, 6) is -14.0. The highest BCUT2D eigenvalue weighted by molar-refractivity contribution is 6.31. The Morgan fingerprint density at radius 1 is 1.04 bits per heavy atom. The third-order valence-corrected chi connectivity index (χ3v) is 3.99. The first-order chi connectivity index (χ1) is 12.2. The molecule has 0 aliphatic carbocycles. The smallest absolute Gasteiger partial charge is 0.315 e. The minimum absolute atomic E-state index is 0.401. The fourth-order valence-corrected chi connectivity index (χ4v) is 2.74. The van der Waals surface area contributed by atoms with Crippen LogP contribution < -0.4 is 4.74 Å². The maximum Gasteiger partial charge on any atom is 0.315 e. The average Bonchev–Trinajstić information content (AvgIpc) is 2.90. The van der Waals surface area contributed by atoms with Gasteiger partial charge in [-0.2, -0.15) is 8.78 Å². The van der Waals surface area contributed by atoms with Gasteiger partial charge in [0.15, 0.2) is 0 Å². The predicted octanol–water partition coefficient (Wildman–Crippen LogP) is 4.68. The van der Waals surface area contributed by atoms with E-state index in [0.717, 1.165) is 5.52 Å².